The fraction of sp³-hybridized carbons (Fsp3) is 0. The van der Waals surface area contributed by atoms with E-state index in [9.17, 15) is 13.5 Å². The zero-order chi connectivity index (χ0) is 11.6. The van der Waals surface area contributed by atoms with Crippen LogP contribution in [0.2, 0.25) is 0 Å². The summed E-state index contributed by atoms with van der Waals surface area (Å²) in [6, 6.07) is 5.84. The summed E-state index contributed by atoms with van der Waals surface area (Å²) >= 11 is 0. The first-order valence-electron chi connectivity index (χ1n) is 4.38. The van der Waals surface area contributed by atoms with Crippen molar-refractivity contribution < 1.29 is 13.5 Å². The largest absolute Gasteiger partial charge is 0.508 e. The Bertz CT molecular complexity index is 578. The van der Waals surface area contributed by atoms with Crippen LogP contribution in [0.5, 0.6) is 5.75 Å². The Morgan fingerprint density at radius 2 is 2.19 bits per heavy atom. The van der Waals surface area contributed by atoms with E-state index in [1.807, 2.05) is 0 Å². The van der Waals surface area contributed by atoms with Gasteiger partial charge in [-0.15, -0.1) is 0 Å². The van der Waals surface area contributed by atoms with Gasteiger partial charge in [-0.25, -0.2) is 4.98 Å². The lowest BCUT2D eigenvalue weighted by Crippen LogP contribution is -2.13. The molecule has 6 nitrogen and oxygen atoms in total. The topological polar surface area (TPSA) is 95.1 Å². The van der Waals surface area contributed by atoms with E-state index in [-0.39, 0.29) is 16.5 Å². The molecule has 1 aromatic heterocycles. The van der Waals surface area contributed by atoms with Crippen LogP contribution in [0.4, 0.5) is 5.69 Å². The predicted octanol–water partition coefficient (Wildman–Crippen LogP) is 0.916. The number of nitrogens with zero attached hydrogens (tertiary/aromatic N) is 1. The van der Waals surface area contributed by atoms with E-state index < -0.39 is 10.0 Å². The van der Waals surface area contributed by atoms with Crippen molar-refractivity contribution in [1.82, 2.24) is 9.97 Å². The molecule has 0 aliphatic rings. The molecule has 84 valence electrons. The van der Waals surface area contributed by atoms with Crippen LogP contribution in [-0.2, 0) is 10.0 Å². The highest BCUT2D eigenvalue weighted by Crippen LogP contribution is 2.18. The monoisotopic (exact) mass is 239 g/mol. The van der Waals surface area contributed by atoms with Crippen LogP contribution in [0, 0.1) is 0 Å². The normalized spacial score (nSPS) is 11.2. The molecule has 0 bridgehead atoms. The molecule has 2 rings (SSSR count). The third-order valence-corrected chi connectivity index (χ3v) is 3.17. The summed E-state index contributed by atoms with van der Waals surface area (Å²) in [5, 5.41) is 9.15. The Kier molecular flexibility index (Phi) is 2.53. The Balaban J connectivity index is 2.29. The summed E-state index contributed by atoms with van der Waals surface area (Å²) in [5.41, 5.74) is 0.287. The van der Waals surface area contributed by atoms with Crippen LogP contribution in [0.3, 0.4) is 0 Å². The summed E-state index contributed by atoms with van der Waals surface area (Å²) in [7, 11) is -3.67. The Hall–Kier alpha value is -2.02. The minimum Gasteiger partial charge on any atom is -0.508 e. The second kappa shape index (κ2) is 3.86. The standard InChI is InChI=1S/C9H9N3O3S/c13-8-3-1-2-7(4-8)12-16(14,15)9-5-10-6-11-9/h1-6,12-13H,(H,10,11). The summed E-state index contributed by atoms with van der Waals surface area (Å²) < 4.78 is 25.7. The number of hydrogen-bond donors (Lipinski definition) is 3. The summed E-state index contributed by atoms with van der Waals surface area (Å²) in [6.45, 7) is 0. The van der Waals surface area contributed by atoms with Gasteiger partial charge in [-0.2, -0.15) is 8.42 Å². The smallest absolute Gasteiger partial charge is 0.278 e. The van der Waals surface area contributed by atoms with Crippen molar-refractivity contribution in [2.75, 3.05) is 4.72 Å². The zero-order valence-corrected chi connectivity index (χ0v) is 8.90. The molecule has 1 heterocycles. The molecular formula is C9H9N3O3S. The van der Waals surface area contributed by atoms with E-state index in [0.29, 0.717) is 0 Å². The first kappa shape index (κ1) is 10.5. The Morgan fingerprint density at radius 3 is 2.81 bits per heavy atom. The molecule has 0 aliphatic carbocycles. The van der Waals surface area contributed by atoms with Crippen molar-refractivity contribution in [2.45, 2.75) is 5.03 Å². The number of sulfonamides is 1. The van der Waals surface area contributed by atoms with Gasteiger partial charge >= 0.3 is 0 Å². The van der Waals surface area contributed by atoms with Gasteiger partial charge in [0.05, 0.1) is 18.2 Å². The maximum Gasteiger partial charge on any atom is 0.278 e. The molecule has 16 heavy (non-hydrogen) atoms. The Morgan fingerprint density at radius 1 is 1.38 bits per heavy atom. The van der Waals surface area contributed by atoms with Gasteiger partial charge < -0.3 is 10.1 Å². The summed E-state index contributed by atoms with van der Waals surface area (Å²) in [4.78, 5) is 6.11. The number of aromatic nitrogens is 2. The SMILES string of the molecule is O=S(=O)(Nc1cccc(O)c1)c1cnc[nH]1. The molecule has 3 N–H and O–H groups in total. The third kappa shape index (κ3) is 2.14. The maximum absolute atomic E-state index is 11.7. The van der Waals surface area contributed by atoms with Gasteiger partial charge in [0, 0.05) is 6.07 Å². The number of nitrogens with one attached hydrogen (secondary N) is 2. The average Bonchev–Trinajstić information content (AvgIpc) is 2.69. The van der Waals surface area contributed by atoms with Crippen molar-refractivity contribution in [3.8, 4) is 5.75 Å². The fourth-order valence-electron chi connectivity index (χ4n) is 1.17. The number of phenols is 1. The lowest BCUT2D eigenvalue weighted by molar-refractivity contribution is 0.475. The lowest BCUT2D eigenvalue weighted by atomic mass is 10.3. The highest BCUT2D eigenvalue weighted by Gasteiger charge is 2.15. The van der Waals surface area contributed by atoms with Gasteiger partial charge in [-0.1, -0.05) is 6.07 Å². The molecule has 1 aromatic carbocycles. The van der Waals surface area contributed by atoms with Crippen LogP contribution in [0.1, 0.15) is 0 Å². The number of imidazole rings is 1. The molecule has 0 atom stereocenters. The second-order valence-electron chi connectivity index (χ2n) is 3.07. The lowest BCUT2D eigenvalue weighted by Gasteiger charge is -2.05. The van der Waals surface area contributed by atoms with Gasteiger partial charge in [0.2, 0.25) is 0 Å². The molecule has 0 unspecified atom stereocenters. The van der Waals surface area contributed by atoms with Crippen LogP contribution >= 0.6 is 0 Å². The van der Waals surface area contributed by atoms with E-state index in [1.54, 1.807) is 6.07 Å². The first-order chi connectivity index (χ1) is 7.58. The van der Waals surface area contributed by atoms with Crippen LogP contribution in [0.25, 0.3) is 0 Å². The number of rotatable bonds is 3. The molecule has 0 saturated heterocycles. The summed E-state index contributed by atoms with van der Waals surface area (Å²) in [5.74, 6) is -0.00943. The molecule has 0 amide bonds. The molecule has 0 saturated carbocycles. The van der Waals surface area contributed by atoms with Crippen LogP contribution < -0.4 is 4.72 Å². The number of benzene rings is 1. The number of aromatic hydroxyl groups is 1. The van der Waals surface area contributed by atoms with Crippen molar-refractivity contribution in [1.29, 1.82) is 0 Å². The van der Waals surface area contributed by atoms with Gasteiger partial charge in [0.1, 0.15) is 5.75 Å². The highest BCUT2D eigenvalue weighted by atomic mass is 32.2. The second-order valence-corrected chi connectivity index (χ2v) is 4.72. The number of aromatic amines is 1. The van der Waals surface area contributed by atoms with Crippen molar-refractivity contribution >= 4 is 15.7 Å². The van der Waals surface area contributed by atoms with E-state index in [4.69, 9.17) is 0 Å². The third-order valence-electron chi connectivity index (χ3n) is 1.86. The van der Waals surface area contributed by atoms with Crippen molar-refractivity contribution in [2.24, 2.45) is 0 Å². The fourth-order valence-corrected chi connectivity index (χ4v) is 2.12. The van der Waals surface area contributed by atoms with Gasteiger partial charge in [0.15, 0.2) is 5.03 Å². The molecule has 0 spiro atoms. The molecule has 2 aromatic rings. The molecule has 0 aliphatic heterocycles. The van der Waals surface area contributed by atoms with Crippen molar-refractivity contribution in [3.63, 3.8) is 0 Å². The van der Waals surface area contributed by atoms with Crippen molar-refractivity contribution in [3.05, 3.63) is 36.8 Å². The summed E-state index contributed by atoms with van der Waals surface area (Å²) in [6.07, 6.45) is 2.47. The minimum atomic E-state index is -3.67. The highest BCUT2D eigenvalue weighted by molar-refractivity contribution is 7.92. The maximum atomic E-state index is 11.7. The predicted molar refractivity (Wildman–Crippen MR) is 57.5 cm³/mol. The van der Waals surface area contributed by atoms with Crippen LogP contribution in [-0.4, -0.2) is 23.5 Å². The molecule has 0 radical (unpaired) electrons. The van der Waals surface area contributed by atoms with Crippen LogP contribution in [0.15, 0.2) is 41.8 Å². The molecule has 0 fully saturated rings. The number of hydrogen-bond acceptors (Lipinski definition) is 4. The number of H-pyrrole nitrogens is 1. The van der Waals surface area contributed by atoms with E-state index in [2.05, 4.69) is 14.7 Å². The molecular weight excluding hydrogens is 230 g/mol. The Labute approximate surface area is 92.0 Å². The zero-order valence-electron chi connectivity index (χ0n) is 8.08. The molecule has 7 heteroatoms. The quantitative estimate of drug-likeness (QED) is 0.742. The van der Waals surface area contributed by atoms with E-state index in [0.717, 1.165) is 0 Å². The van der Waals surface area contributed by atoms with E-state index >= 15 is 0 Å². The van der Waals surface area contributed by atoms with Gasteiger partial charge in [-0.05, 0) is 12.1 Å². The average molecular weight is 239 g/mol. The van der Waals surface area contributed by atoms with E-state index in [1.165, 1.54) is 30.7 Å². The number of anilines is 1. The van der Waals surface area contributed by atoms with Gasteiger partial charge in [-0.3, -0.25) is 4.72 Å². The first-order valence-corrected chi connectivity index (χ1v) is 5.86. The number of phenolic OH excluding ortho intramolecular Hbond substituents is 1. The minimum absolute atomic E-state index is 0.00943. The van der Waals surface area contributed by atoms with Gasteiger partial charge in [0.25, 0.3) is 10.0 Å².